The monoisotopic (exact) mass is 438 g/mol. The molecule has 1 heterocycles. The van der Waals surface area contributed by atoms with E-state index in [4.69, 9.17) is 0 Å². The van der Waals surface area contributed by atoms with Crippen LogP contribution in [0.1, 0.15) is 22.3 Å². The molecule has 0 radical (unpaired) electrons. The van der Waals surface area contributed by atoms with Gasteiger partial charge in [-0.1, -0.05) is 60.2 Å². The molecular formula is C25H21F3N2O2. The maximum atomic E-state index is 13.3. The molecule has 0 bridgehead atoms. The van der Waals surface area contributed by atoms with Crippen molar-refractivity contribution in [1.29, 1.82) is 0 Å². The highest BCUT2D eigenvalue weighted by Gasteiger charge is 2.30. The average Bonchev–Trinajstić information content (AvgIpc) is 2.77. The van der Waals surface area contributed by atoms with Gasteiger partial charge in [0.25, 0.3) is 5.56 Å². The summed E-state index contributed by atoms with van der Waals surface area (Å²) in [5.41, 5.74) is 1.25. The standard InChI is InChI=1S/C25H21F3N2O2/c1-17-9-11-19(12-10-17)16-30-22-8-3-2-7-21(22)23(31)29(24(30)32)14-13-18-5-4-6-20(15-18)25(26,27)28/h2-12,15H,13-14,16H2,1H3. The van der Waals surface area contributed by atoms with Crippen molar-refractivity contribution in [3.8, 4) is 0 Å². The zero-order chi connectivity index (χ0) is 22.9. The molecule has 0 N–H and O–H groups in total. The molecule has 32 heavy (non-hydrogen) atoms. The van der Waals surface area contributed by atoms with Gasteiger partial charge in [0, 0.05) is 6.54 Å². The minimum Gasteiger partial charge on any atom is -0.289 e. The van der Waals surface area contributed by atoms with E-state index in [1.165, 1.54) is 10.6 Å². The van der Waals surface area contributed by atoms with Gasteiger partial charge in [-0.25, -0.2) is 4.79 Å². The average molecular weight is 438 g/mol. The Bertz CT molecular complexity index is 1380. The lowest BCUT2D eigenvalue weighted by molar-refractivity contribution is -0.137. The Balaban J connectivity index is 1.74. The summed E-state index contributed by atoms with van der Waals surface area (Å²) in [6, 6.07) is 19.6. The third-order valence-corrected chi connectivity index (χ3v) is 5.47. The van der Waals surface area contributed by atoms with Gasteiger partial charge < -0.3 is 0 Å². The Hall–Kier alpha value is -3.61. The van der Waals surface area contributed by atoms with Gasteiger partial charge in [-0.2, -0.15) is 13.2 Å². The summed E-state index contributed by atoms with van der Waals surface area (Å²) in [6.07, 6.45) is -4.32. The van der Waals surface area contributed by atoms with E-state index in [2.05, 4.69) is 0 Å². The first-order chi connectivity index (χ1) is 15.2. The van der Waals surface area contributed by atoms with Crippen molar-refractivity contribution in [1.82, 2.24) is 9.13 Å². The zero-order valence-corrected chi connectivity index (χ0v) is 17.4. The first kappa shape index (κ1) is 21.6. The SMILES string of the molecule is Cc1ccc(Cn2c(=O)n(CCc3cccc(C(F)(F)F)c3)c(=O)c3ccccc32)cc1. The fourth-order valence-corrected chi connectivity index (χ4v) is 3.74. The Labute approximate surface area is 182 Å². The number of aryl methyl sites for hydroxylation is 2. The molecule has 4 aromatic rings. The number of aromatic nitrogens is 2. The van der Waals surface area contributed by atoms with Crippen LogP contribution in [-0.2, 0) is 25.7 Å². The summed E-state index contributed by atoms with van der Waals surface area (Å²) in [5.74, 6) is 0. The second-order valence-corrected chi connectivity index (χ2v) is 7.78. The van der Waals surface area contributed by atoms with Crippen molar-refractivity contribution >= 4 is 10.9 Å². The van der Waals surface area contributed by atoms with Crippen molar-refractivity contribution < 1.29 is 13.2 Å². The summed E-state index contributed by atoms with van der Waals surface area (Å²) in [6.45, 7) is 2.24. The van der Waals surface area contributed by atoms with E-state index in [9.17, 15) is 22.8 Å². The van der Waals surface area contributed by atoms with Gasteiger partial charge in [0.2, 0.25) is 0 Å². The summed E-state index contributed by atoms with van der Waals surface area (Å²) < 4.78 is 41.7. The summed E-state index contributed by atoms with van der Waals surface area (Å²) in [5, 5.41) is 0.392. The Morgan fingerprint density at radius 2 is 1.53 bits per heavy atom. The predicted molar refractivity (Wildman–Crippen MR) is 118 cm³/mol. The van der Waals surface area contributed by atoms with Crippen LogP contribution in [0.3, 0.4) is 0 Å². The van der Waals surface area contributed by atoms with Gasteiger partial charge in [-0.05, 0) is 42.7 Å². The van der Waals surface area contributed by atoms with Crippen molar-refractivity contribution in [2.75, 3.05) is 0 Å². The molecule has 3 aromatic carbocycles. The molecule has 1 aromatic heterocycles. The molecule has 0 aliphatic rings. The van der Waals surface area contributed by atoms with E-state index in [-0.39, 0.29) is 19.5 Å². The number of hydrogen-bond donors (Lipinski definition) is 0. The zero-order valence-electron chi connectivity index (χ0n) is 17.4. The third-order valence-electron chi connectivity index (χ3n) is 5.47. The van der Waals surface area contributed by atoms with Crippen LogP contribution in [0.5, 0.6) is 0 Å². The van der Waals surface area contributed by atoms with Gasteiger partial charge in [0.1, 0.15) is 0 Å². The van der Waals surface area contributed by atoms with Crippen molar-refractivity contribution in [2.24, 2.45) is 0 Å². The van der Waals surface area contributed by atoms with E-state index < -0.39 is 23.0 Å². The molecule has 7 heteroatoms. The van der Waals surface area contributed by atoms with Crippen LogP contribution >= 0.6 is 0 Å². The summed E-state index contributed by atoms with van der Waals surface area (Å²) in [4.78, 5) is 26.3. The predicted octanol–water partition coefficient (Wildman–Crippen LogP) is 4.78. The highest BCUT2D eigenvalue weighted by atomic mass is 19.4. The second kappa shape index (κ2) is 8.49. The van der Waals surface area contributed by atoms with Crippen LogP contribution in [0.15, 0.2) is 82.4 Å². The molecule has 0 fully saturated rings. The third kappa shape index (κ3) is 4.37. The van der Waals surface area contributed by atoms with Gasteiger partial charge in [0.15, 0.2) is 0 Å². The van der Waals surface area contributed by atoms with Crippen LogP contribution < -0.4 is 11.2 Å². The smallest absolute Gasteiger partial charge is 0.289 e. The fraction of sp³-hybridized carbons (Fsp3) is 0.200. The molecule has 0 spiro atoms. The number of rotatable bonds is 5. The van der Waals surface area contributed by atoms with E-state index >= 15 is 0 Å². The number of alkyl halides is 3. The molecule has 4 rings (SSSR count). The Morgan fingerprint density at radius 3 is 2.25 bits per heavy atom. The minimum absolute atomic E-state index is 0.0162. The molecule has 0 aliphatic carbocycles. The van der Waals surface area contributed by atoms with Crippen molar-refractivity contribution in [2.45, 2.75) is 32.6 Å². The maximum absolute atomic E-state index is 13.3. The van der Waals surface area contributed by atoms with Crippen LogP contribution in [-0.4, -0.2) is 9.13 Å². The number of fused-ring (bicyclic) bond motifs is 1. The van der Waals surface area contributed by atoms with Crippen LogP contribution in [0.25, 0.3) is 10.9 Å². The highest BCUT2D eigenvalue weighted by Crippen LogP contribution is 2.29. The lowest BCUT2D eigenvalue weighted by atomic mass is 10.1. The van der Waals surface area contributed by atoms with Gasteiger partial charge in [0.05, 0.1) is 23.0 Å². The number of hydrogen-bond acceptors (Lipinski definition) is 2. The number of para-hydroxylation sites is 1. The van der Waals surface area contributed by atoms with Gasteiger partial charge >= 0.3 is 11.9 Å². The molecule has 0 saturated carbocycles. The fourth-order valence-electron chi connectivity index (χ4n) is 3.74. The maximum Gasteiger partial charge on any atom is 0.416 e. The normalized spacial score (nSPS) is 11.8. The molecule has 0 unspecified atom stereocenters. The first-order valence-electron chi connectivity index (χ1n) is 10.2. The first-order valence-corrected chi connectivity index (χ1v) is 10.2. The number of benzene rings is 3. The topological polar surface area (TPSA) is 44.0 Å². The van der Waals surface area contributed by atoms with E-state index in [0.29, 0.717) is 16.5 Å². The van der Waals surface area contributed by atoms with Crippen molar-refractivity contribution in [3.05, 3.63) is 116 Å². The Kier molecular flexibility index (Phi) is 5.74. The lowest BCUT2D eigenvalue weighted by Gasteiger charge is -2.15. The van der Waals surface area contributed by atoms with E-state index in [1.54, 1.807) is 30.3 Å². The molecule has 0 atom stereocenters. The van der Waals surface area contributed by atoms with Gasteiger partial charge in [-0.3, -0.25) is 13.9 Å². The van der Waals surface area contributed by atoms with Crippen LogP contribution in [0.4, 0.5) is 13.2 Å². The summed E-state index contributed by atoms with van der Waals surface area (Å²) in [7, 11) is 0. The Morgan fingerprint density at radius 1 is 0.812 bits per heavy atom. The number of nitrogens with zero attached hydrogens (tertiary/aromatic N) is 2. The quantitative estimate of drug-likeness (QED) is 0.450. The minimum atomic E-state index is -4.45. The molecule has 0 saturated heterocycles. The van der Waals surface area contributed by atoms with Gasteiger partial charge in [-0.15, -0.1) is 0 Å². The van der Waals surface area contributed by atoms with Crippen LogP contribution in [0.2, 0.25) is 0 Å². The van der Waals surface area contributed by atoms with Crippen LogP contribution in [0, 0.1) is 6.92 Å². The largest absolute Gasteiger partial charge is 0.416 e. The molecule has 164 valence electrons. The number of halogens is 3. The lowest BCUT2D eigenvalue weighted by Crippen LogP contribution is -2.40. The van der Waals surface area contributed by atoms with E-state index in [1.807, 2.05) is 31.2 Å². The van der Waals surface area contributed by atoms with E-state index in [0.717, 1.165) is 27.8 Å². The second-order valence-electron chi connectivity index (χ2n) is 7.78. The molecule has 0 aliphatic heterocycles. The summed E-state index contributed by atoms with van der Waals surface area (Å²) >= 11 is 0. The highest BCUT2D eigenvalue weighted by molar-refractivity contribution is 5.77. The van der Waals surface area contributed by atoms with Crippen molar-refractivity contribution in [3.63, 3.8) is 0 Å². The molecule has 4 nitrogen and oxygen atoms in total. The molecule has 0 amide bonds. The molecular weight excluding hydrogens is 417 g/mol.